The molecule has 1 aliphatic rings. The number of hydrogen-bond acceptors (Lipinski definition) is 2. The van der Waals surface area contributed by atoms with E-state index in [1.54, 1.807) is 0 Å². The summed E-state index contributed by atoms with van der Waals surface area (Å²) in [6, 6.07) is 8.13. The Morgan fingerprint density at radius 3 is 2.81 bits per heavy atom. The molecule has 1 aromatic carbocycles. The van der Waals surface area contributed by atoms with E-state index in [9.17, 15) is 5.11 Å². The van der Waals surface area contributed by atoms with Gasteiger partial charge in [-0.15, -0.1) is 0 Å². The van der Waals surface area contributed by atoms with E-state index >= 15 is 0 Å². The maximum absolute atomic E-state index is 10.4. The zero-order valence-corrected chi connectivity index (χ0v) is 9.26. The van der Waals surface area contributed by atoms with E-state index in [2.05, 4.69) is 17.2 Å². The van der Waals surface area contributed by atoms with E-state index in [1.165, 1.54) is 0 Å². The van der Waals surface area contributed by atoms with Crippen molar-refractivity contribution in [3.8, 4) is 0 Å². The average Bonchev–Trinajstić information content (AvgIpc) is 2.87. The summed E-state index contributed by atoms with van der Waals surface area (Å²) >= 11 is 0. The second kappa shape index (κ2) is 3.59. The SMILES string of the molecule is OC1(Cn2ncc3ccccc32)CCCC1. The number of aliphatic hydroxyl groups is 1. The molecule has 0 radical (unpaired) electrons. The Morgan fingerprint density at radius 1 is 1.25 bits per heavy atom. The van der Waals surface area contributed by atoms with Crippen LogP contribution >= 0.6 is 0 Å². The van der Waals surface area contributed by atoms with Crippen LogP contribution in [0.15, 0.2) is 30.5 Å². The van der Waals surface area contributed by atoms with Crippen LogP contribution in [0.4, 0.5) is 0 Å². The maximum atomic E-state index is 10.4. The van der Waals surface area contributed by atoms with Crippen molar-refractivity contribution in [3.05, 3.63) is 30.5 Å². The molecule has 0 atom stereocenters. The van der Waals surface area contributed by atoms with Gasteiger partial charge in [0.25, 0.3) is 0 Å². The lowest BCUT2D eigenvalue weighted by atomic mass is 10.0. The number of para-hydroxylation sites is 1. The van der Waals surface area contributed by atoms with E-state index in [4.69, 9.17) is 0 Å². The number of hydrogen-bond donors (Lipinski definition) is 1. The van der Waals surface area contributed by atoms with Gasteiger partial charge < -0.3 is 5.11 Å². The zero-order chi connectivity index (χ0) is 11.0. The Kier molecular flexibility index (Phi) is 2.21. The quantitative estimate of drug-likeness (QED) is 0.836. The minimum Gasteiger partial charge on any atom is -0.388 e. The van der Waals surface area contributed by atoms with E-state index in [1.807, 2.05) is 23.0 Å². The summed E-state index contributed by atoms with van der Waals surface area (Å²) < 4.78 is 1.93. The maximum Gasteiger partial charge on any atom is 0.0843 e. The summed E-state index contributed by atoms with van der Waals surface area (Å²) in [5.74, 6) is 0. The van der Waals surface area contributed by atoms with Gasteiger partial charge in [-0.25, -0.2) is 0 Å². The van der Waals surface area contributed by atoms with Crippen LogP contribution in [0.3, 0.4) is 0 Å². The van der Waals surface area contributed by atoms with Crippen molar-refractivity contribution >= 4 is 10.9 Å². The molecule has 3 heteroatoms. The number of aromatic nitrogens is 2. The molecular weight excluding hydrogens is 200 g/mol. The second-order valence-electron chi connectivity index (χ2n) is 4.79. The smallest absolute Gasteiger partial charge is 0.0843 e. The number of nitrogens with zero attached hydrogens (tertiary/aromatic N) is 2. The van der Waals surface area contributed by atoms with Crippen molar-refractivity contribution in [2.24, 2.45) is 0 Å². The lowest BCUT2D eigenvalue weighted by Gasteiger charge is -2.22. The first-order valence-corrected chi connectivity index (χ1v) is 5.90. The van der Waals surface area contributed by atoms with Gasteiger partial charge >= 0.3 is 0 Å². The average molecular weight is 216 g/mol. The molecule has 1 fully saturated rings. The summed E-state index contributed by atoms with van der Waals surface area (Å²) in [6.45, 7) is 0.626. The standard InChI is InChI=1S/C13H16N2O/c16-13(7-3-4-8-13)10-15-12-6-2-1-5-11(12)9-14-15/h1-2,5-6,9,16H,3-4,7-8,10H2. The highest BCUT2D eigenvalue weighted by Gasteiger charge is 2.32. The summed E-state index contributed by atoms with van der Waals surface area (Å²) in [4.78, 5) is 0. The molecule has 16 heavy (non-hydrogen) atoms. The van der Waals surface area contributed by atoms with Gasteiger partial charge in [-0.2, -0.15) is 5.10 Å². The van der Waals surface area contributed by atoms with Gasteiger partial charge in [0.05, 0.1) is 23.9 Å². The van der Waals surface area contributed by atoms with Gasteiger partial charge in [0.2, 0.25) is 0 Å². The molecule has 1 aromatic heterocycles. The second-order valence-corrected chi connectivity index (χ2v) is 4.79. The molecule has 2 aromatic rings. The lowest BCUT2D eigenvalue weighted by Crippen LogP contribution is -2.30. The van der Waals surface area contributed by atoms with E-state index < -0.39 is 5.60 Å². The van der Waals surface area contributed by atoms with Crippen LogP contribution in [0.25, 0.3) is 10.9 Å². The van der Waals surface area contributed by atoms with Crippen molar-refractivity contribution in [2.45, 2.75) is 37.8 Å². The molecule has 0 aliphatic heterocycles. The van der Waals surface area contributed by atoms with Crippen LogP contribution in [0.1, 0.15) is 25.7 Å². The van der Waals surface area contributed by atoms with Gasteiger partial charge in [0.15, 0.2) is 0 Å². The van der Waals surface area contributed by atoms with Gasteiger partial charge in [0.1, 0.15) is 0 Å². The van der Waals surface area contributed by atoms with E-state index in [-0.39, 0.29) is 0 Å². The first-order chi connectivity index (χ1) is 7.77. The predicted molar refractivity (Wildman–Crippen MR) is 63.2 cm³/mol. The highest BCUT2D eigenvalue weighted by molar-refractivity contribution is 5.78. The zero-order valence-electron chi connectivity index (χ0n) is 9.26. The van der Waals surface area contributed by atoms with E-state index in [0.29, 0.717) is 6.54 Å². The Balaban J connectivity index is 1.94. The third kappa shape index (κ3) is 1.61. The summed E-state index contributed by atoms with van der Waals surface area (Å²) in [7, 11) is 0. The predicted octanol–water partition coefficient (Wildman–Crippen LogP) is 2.34. The molecular formula is C13H16N2O. The van der Waals surface area contributed by atoms with Crippen LogP contribution in [0.2, 0.25) is 0 Å². The Hall–Kier alpha value is -1.35. The molecule has 0 spiro atoms. The molecule has 0 unspecified atom stereocenters. The van der Waals surface area contributed by atoms with Gasteiger partial charge in [-0.1, -0.05) is 31.0 Å². The van der Waals surface area contributed by atoms with Crippen LogP contribution < -0.4 is 0 Å². The van der Waals surface area contributed by atoms with Crippen LogP contribution in [0, 0.1) is 0 Å². The summed E-state index contributed by atoms with van der Waals surface area (Å²) in [5, 5.41) is 15.9. The molecule has 1 saturated carbocycles. The molecule has 84 valence electrons. The summed E-state index contributed by atoms with van der Waals surface area (Å²) in [6.07, 6.45) is 5.95. The molecule has 0 saturated heterocycles. The minimum atomic E-state index is -0.533. The fourth-order valence-electron chi connectivity index (χ4n) is 2.62. The Labute approximate surface area is 94.7 Å². The van der Waals surface area contributed by atoms with Gasteiger partial charge in [0, 0.05) is 5.39 Å². The number of rotatable bonds is 2. The van der Waals surface area contributed by atoms with Crippen molar-refractivity contribution in [1.82, 2.24) is 9.78 Å². The van der Waals surface area contributed by atoms with Crippen LogP contribution in [-0.4, -0.2) is 20.5 Å². The third-order valence-electron chi connectivity index (χ3n) is 3.53. The first kappa shape index (κ1) is 9.85. The van der Waals surface area contributed by atoms with Gasteiger partial charge in [-0.3, -0.25) is 4.68 Å². The topological polar surface area (TPSA) is 38.0 Å². The minimum absolute atomic E-state index is 0.533. The first-order valence-electron chi connectivity index (χ1n) is 5.90. The lowest BCUT2D eigenvalue weighted by molar-refractivity contribution is 0.0278. The number of benzene rings is 1. The van der Waals surface area contributed by atoms with Crippen LogP contribution in [0.5, 0.6) is 0 Å². The molecule has 1 aliphatic carbocycles. The van der Waals surface area contributed by atoms with Crippen molar-refractivity contribution in [3.63, 3.8) is 0 Å². The van der Waals surface area contributed by atoms with Crippen molar-refractivity contribution < 1.29 is 5.11 Å². The normalized spacial score (nSPS) is 19.3. The summed E-state index contributed by atoms with van der Waals surface area (Å²) in [5.41, 5.74) is 0.581. The molecule has 1 heterocycles. The fraction of sp³-hybridized carbons (Fsp3) is 0.462. The van der Waals surface area contributed by atoms with Crippen LogP contribution in [-0.2, 0) is 6.54 Å². The van der Waals surface area contributed by atoms with E-state index in [0.717, 1.165) is 36.6 Å². The van der Waals surface area contributed by atoms with Crippen molar-refractivity contribution in [1.29, 1.82) is 0 Å². The van der Waals surface area contributed by atoms with Crippen molar-refractivity contribution in [2.75, 3.05) is 0 Å². The molecule has 0 amide bonds. The Bertz CT molecular complexity index is 497. The number of fused-ring (bicyclic) bond motifs is 1. The molecule has 3 nitrogen and oxygen atoms in total. The highest BCUT2D eigenvalue weighted by atomic mass is 16.3. The molecule has 0 bridgehead atoms. The largest absolute Gasteiger partial charge is 0.388 e. The molecule has 3 rings (SSSR count). The van der Waals surface area contributed by atoms with Gasteiger partial charge in [-0.05, 0) is 18.9 Å². The monoisotopic (exact) mass is 216 g/mol. The molecule has 1 N–H and O–H groups in total. The Morgan fingerprint density at radius 2 is 2.00 bits per heavy atom. The third-order valence-corrected chi connectivity index (χ3v) is 3.53. The highest BCUT2D eigenvalue weighted by Crippen LogP contribution is 2.31. The fourth-order valence-corrected chi connectivity index (χ4v) is 2.62.